The van der Waals surface area contributed by atoms with Crippen molar-refractivity contribution in [3.63, 3.8) is 0 Å². The summed E-state index contributed by atoms with van der Waals surface area (Å²) in [5, 5.41) is 16.1. The first-order valence-electron chi connectivity index (χ1n) is 3.91. The van der Waals surface area contributed by atoms with Crippen LogP contribution < -0.4 is 5.73 Å². The Hall–Kier alpha value is -1.43. The van der Waals surface area contributed by atoms with Crippen molar-refractivity contribution in [1.82, 2.24) is 15.0 Å². The zero-order valence-electron chi connectivity index (χ0n) is 7.34. The van der Waals surface area contributed by atoms with Crippen molar-refractivity contribution in [3.8, 4) is 0 Å². The predicted octanol–water partition coefficient (Wildman–Crippen LogP) is -0.668. The van der Waals surface area contributed by atoms with Crippen LogP contribution in [0, 0.1) is 0 Å². The first kappa shape index (κ1) is 9.66. The number of carbonyl (C=O) groups is 1. The third-order valence-corrected chi connectivity index (χ3v) is 1.74. The van der Waals surface area contributed by atoms with Crippen LogP contribution in [-0.2, 0) is 11.8 Å². The van der Waals surface area contributed by atoms with Crippen molar-refractivity contribution in [2.24, 2.45) is 12.8 Å². The monoisotopic (exact) mass is 184 g/mol. The first-order valence-corrected chi connectivity index (χ1v) is 3.91. The fourth-order valence-electron chi connectivity index (χ4n) is 1.07. The van der Waals surface area contributed by atoms with Crippen molar-refractivity contribution < 1.29 is 9.90 Å². The number of carboxylic acids is 1. The molecule has 0 amide bonds. The zero-order chi connectivity index (χ0) is 9.84. The Balaban J connectivity index is 2.72. The molecule has 72 valence electrons. The quantitative estimate of drug-likeness (QED) is 0.647. The van der Waals surface area contributed by atoms with Gasteiger partial charge in [0.25, 0.3) is 0 Å². The molecule has 0 spiro atoms. The van der Waals surface area contributed by atoms with Crippen LogP contribution >= 0.6 is 0 Å². The highest BCUT2D eigenvalue weighted by molar-refractivity contribution is 5.67. The van der Waals surface area contributed by atoms with Crippen molar-refractivity contribution >= 4 is 5.97 Å². The van der Waals surface area contributed by atoms with Gasteiger partial charge in [0.15, 0.2) is 0 Å². The minimum atomic E-state index is -0.874. The number of nitrogens with zero attached hydrogens (tertiary/aromatic N) is 3. The molecular weight excluding hydrogens is 172 g/mol. The van der Waals surface area contributed by atoms with Crippen LogP contribution in [0.2, 0.25) is 0 Å². The second-order valence-corrected chi connectivity index (χ2v) is 2.85. The van der Waals surface area contributed by atoms with E-state index in [4.69, 9.17) is 10.8 Å². The molecule has 6 nitrogen and oxygen atoms in total. The van der Waals surface area contributed by atoms with Crippen LogP contribution in [0.4, 0.5) is 0 Å². The molecule has 1 rings (SSSR count). The van der Waals surface area contributed by atoms with Gasteiger partial charge in [0, 0.05) is 25.7 Å². The SMILES string of the molecule is Cn1cc(C(CN)CC(=O)O)nn1. The van der Waals surface area contributed by atoms with E-state index in [1.807, 2.05) is 0 Å². The third kappa shape index (κ3) is 2.51. The highest BCUT2D eigenvalue weighted by Crippen LogP contribution is 2.14. The molecule has 1 aromatic rings. The summed E-state index contributed by atoms with van der Waals surface area (Å²) in [5.41, 5.74) is 6.05. The van der Waals surface area contributed by atoms with Crippen LogP contribution in [0.5, 0.6) is 0 Å². The molecule has 0 aliphatic rings. The molecule has 0 aliphatic carbocycles. The number of aliphatic carboxylic acids is 1. The average Bonchev–Trinajstić information content (AvgIpc) is 2.47. The summed E-state index contributed by atoms with van der Waals surface area (Å²) < 4.78 is 1.53. The lowest BCUT2D eigenvalue weighted by atomic mass is 10.0. The van der Waals surface area contributed by atoms with Gasteiger partial charge in [0.1, 0.15) is 0 Å². The van der Waals surface area contributed by atoms with E-state index in [9.17, 15) is 4.79 Å². The fraction of sp³-hybridized carbons (Fsp3) is 0.571. The zero-order valence-corrected chi connectivity index (χ0v) is 7.34. The average molecular weight is 184 g/mol. The maximum atomic E-state index is 10.4. The van der Waals surface area contributed by atoms with Crippen molar-refractivity contribution in [2.75, 3.05) is 6.54 Å². The molecule has 6 heteroatoms. The molecule has 0 aliphatic heterocycles. The second-order valence-electron chi connectivity index (χ2n) is 2.85. The predicted molar refractivity (Wildman–Crippen MR) is 45.1 cm³/mol. The summed E-state index contributed by atoms with van der Waals surface area (Å²) in [5.74, 6) is -1.12. The Labute approximate surface area is 75.3 Å². The highest BCUT2D eigenvalue weighted by Gasteiger charge is 2.16. The van der Waals surface area contributed by atoms with Crippen LogP contribution in [-0.4, -0.2) is 32.6 Å². The number of carboxylic acid groups (broad SMARTS) is 1. The Morgan fingerprint density at radius 2 is 2.54 bits per heavy atom. The van der Waals surface area contributed by atoms with Crippen LogP contribution in [0.25, 0.3) is 0 Å². The molecule has 1 heterocycles. The van der Waals surface area contributed by atoms with Crippen LogP contribution in [0.15, 0.2) is 6.20 Å². The summed E-state index contributed by atoms with van der Waals surface area (Å²) in [6.07, 6.45) is 1.68. The second kappa shape index (κ2) is 3.99. The first-order chi connectivity index (χ1) is 6.13. The van der Waals surface area contributed by atoms with Gasteiger partial charge in [-0.05, 0) is 0 Å². The Morgan fingerprint density at radius 3 is 2.92 bits per heavy atom. The summed E-state index contributed by atoms with van der Waals surface area (Å²) in [4.78, 5) is 10.4. The van der Waals surface area contributed by atoms with E-state index in [2.05, 4.69) is 10.3 Å². The van der Waals surface area contributed by atoms with Gasteiger partial charge in [0.2, 0.25) is 0 Å². The molecule has 0 saturated carbocycles. The summed E-state index contributed by atoms with van der Waals surface area (Å²) in [6, 6.07) is 0. The smallest absolute Gasteiger partial charge is 0.304 e. The van der Waals surface area contributed by atoms with E-state index in [-0.39, 0.29) is 18.9 Å². The Morgan fingerprint density at radius 1 is 1.85 bits per heavy atom. The van der Waals surface area contributed by atoms with E-state index < -0.39 is 5.97 Å². The standard InChI is InChI=1S/C7H12N4O2/c1-11-4-6(9-10-11)5(3-8)2-7(12)13/h4-5H,2-3,8H2,1H3,(H,12,13). The minimum absolute atomic E-state index is 0.00477. The van der Waals surface area contributed by atoms with Crippen molar-refractivity contribution in [3.05, 3.63) is 11.9 Å². The molecule has 1 unspecified atom stereocenters. The van der Waals surface area contributed by atoms with Gasteiger partial charge < -0.3 is 10.8 Å². The van der Waals surface area contributed by atoms with Gasteiger partial charge in [-0.25, -0.2) is 0 Å². The van der Waals surface area contributed by atoms with Gasteiger partial charge in [0.05, 0.1) is 12.1 Å². The van der Waals surface area contributed by atoms with Gasteiger partial charge in [-0.15, -0.1) is 5.10 Å². The largest absolute Gasteiger partial charge is 0.481 e. The minimum Gasteiger partial charge on any atom is -0.481 e. The molecule has 0 radical (unpaired) electrons. The van der Waals surface area contributed by atoms with Crippen molar-refractivity contribution in [2.45, 2.75) is 12.3 Å². The number of hydrogen-bond donors (Lipinski definition) is 2. The maximum Gasteiger partial charge on any atom is 0.304 e. The van der Waals surface area contributed by atoms with Gasteiger partial charge >= 0.3 is 5.97 Å². The highest BCUT2D eigenvalue weighted by atomic mass is 16.4. The normalized spacial score (nSPS) is 12.8. The van der Waals surface area contributed by atoms with E-state index in [0.29, 0.717) is 5.69 Å². The Kier molecular flexibility index (Phi) is 2.97. The molecule has 1 atom stereocenters. The fourth-order valence-corrected chi connectivity index (χ4v) is 1.07. The Bertz CT molecular complexity index is 296. The molecule has 0 fully saturated rings. The summed E-state index contributed by atoms with van der Waals surface area (Å²) in [7, 11) is 1.73. The van der Waals surface area contributed by atoms with E-state index in [1.54, 1.807) is 13.2 Å². The molecule has 0 saturated heterocycles. The van der Waals surface area contributed by atoms with Crippen molar-refractivity contribution in [1.29, 1.82) is 0 Å². The molecule has 1 aromatic heterocycles. The van der Waals surface area contributed by atoms with Crippen LogP contribution in [0.3, 0.4) is 0 Å². The molecule has 0 bridgehead atoms. The number of aryl methyl sites for hydroxylation is 1. The van der Waals surface area contributed by atoms with E-state index in [1.165, 1.54) is 4.68 Å². The lowest BCUT2D eigenvalue weighted by Crippen LogP contribution is -2.16. The molecule has 0 aromatic carbocycles. The van der Waals surface area contributed by atoms with E-state index >= 15 is 0 Å². The number of aromatic nitrogens is 3. The van der Waals surface area contributed by atoms with Gasteiger partial charge in [-0.2, -0.15) is 0 Å². The topological polar surface area (TPSA) is 94.0 Å². The van der Waals surface area contributed by atoms with Gasteiger partial charge in [-0.1, -0.05) is 5.21 Å². The number of rotatable bonds is 4. The van der Waals surface area contributed by atoms with E-state index in [0.717, 1.165) is 0 Å². The maximum absolute atomic E-state index is 10.4. The molecular formula is C7H12N4O2. The lowest BCUT2D eigenvalue weighted by Gasteiger charge is -2.06. The van der Waals surface area contributed by atoms with Crippen LogP contribution in [0.1, 0.15) is 18.0 Å². The molecule has 3 N–H and O–H groups in total. The number of hydrogen-bond acceptors (Lipinski definition) is 4. The molecule has 13 heavy (non-hydrogen) atoms. The van der Waals surface area contributed by atoms with Gasteiger partial charge in [-0.3, -0.25) is 9.48 Å². The number of nitrogens with two attached hydrogens (primary N) is 1. The summed E-state index contributed by atoms with van der Waals surface area (Å²) in [6.45, 7) is 0.269. The lowest BCUT2D eigenvalue weighted by molar-refractivity contribution is -0.137. The third-order valence-electron chi connectivity index (χ3n) is 1.74. The summed E-state index contributed by atoms with van der Waals surface area (Å²) >= 11 is 0.